The first-order chi connectivity index (χ1) is 9.77. The van der Waals surface area contributed by atoms with Gasteiger partial charge in [-0.1, -0.05) is 24.6 Å². The van der Waals surface area contributed by atoms with Crippen molar-refractivity contribution in [3.63, 3.8) is 0 Å². The van der Waals surface area contributed by atoms with Crippen molar-refractivity contribution in [3.05, 3.63) is 28.8 Å². The summed E-state index contributed by atoms with van der Waals surface area (Å²) in [5.41, 5.74) is 0.525. The number of aliphatic hydroxyl groups is 1. The number of halogens is 1. The topological polar surface area (TPSA) is 60.9 Å². The van der Waals surface area contributed by atoms with E-state index in [9.17, 15) is 8.42 Å². The maximum atomic E-state index is 12.7. The van der Waals surface area contributed by atoms with Crippen LogP contribution >= 0.6 is 11.6 Å². The van der Waals surface area contributed by atoms with Gasteiger partial charge in [-0.25, -0.2) is 8.42 Å². The molecule has 0 aliphatic carbocycles. The molecule has 1 heterocycles. The summed E-state index contributed by atoms with van der Waals surface area (Å²) in [6.07, 6.45) is 0. The first-order valence-electron chi connectivity index (χ1n) is 6.83. The van der Waals surface area contributed by atoms with E-state index in [2.05, 4.69) is 11.8 Å². The van der Waals surface area contributed by atoms with Crippen molar-refractivity contribution in [1.29, 1.82) is 0 Å². The highest BCUT2D eigenvalue weighted by Gasteiger charge is 2.38. The molecule has 2 rings (SSSR count). The zero-order valence-corrected chi connectivity index (χ0v) is 14.0. The largest absolute Gasteiger partial charge is 0.392 e. The SMILES string of the molecule is CC1CN(S(=O)(=O)c2ccc(CO)c(Cl)c2)CC1N(C)C. The summed E-state index contributed by atoms with van der Waals surface area (Å²) < 4.78 is 26.9. The van der Waals surface area contributed by atoms with E-state index in [0.29, 0.717) is 18.7 Å². The van der Waals surface area contributed by atoms with Crippen LogP contribution in [0.15, 0.2) is 23.1 Å². The van der Waals surface area contributed by atoms with E-state index in [1.807, 2.05) is 14.1 Å². The Morgan fingerprint density at radius 1 is 1.38 bits per heavy atom. The molecule has 0 spiro atoms. The van der Waals surface area contributed by atoms with Crippen LogP contribution in [0.4, 0.5) is 0 Å². The highest BCUT2D eigenvalue weighted by molar-refractivity contribution is 7.89. The molecule has 1 aliphatic heterocycles. The fourth-order valence-corrected chi connectivity index (χ4v) is 4.63. The number of rotatable bonds is 4. The molecule has 0 amide bonds. The standard InChI is InChI=1S/C14H21ClN2O3S/c1-10-7-17(8-14(10)16(2)3)21(19,20)12-5-4-11(9-18)13(15)6-12/h4-6,10,14,18H,7-9H2,1-3H3. The molecule has 21 heavy (non-hydrogen) atoms. The summed E-state index contributed by atoms with van der Waals surface area (Å²) in [6, 6.07) is 4.68. The molecule has 2 atom stereocenters. The lowest BCUT2D eigenvalue weighted by molar-refractivity contribution is 0.263. The van der Waals surface area contributed by atoms with Crippen LogP contribution in [-0.4, -0.2) is 56.0 Å². The second-order valence-electron chi connectivity index (χ2n) is 5.74. The highest BCUT2D eigenvalue weighted by atomic mass is 35.5. The van der Waals surface area contributed by atoms with Gasteiger partial charge in [-0.3, -0.25) is 0 Å². The molecule has 1 fully saturated rings. The van der Waals surface area contributed by atoms with Crippen LogP contribution in [0, 0.1) is 5.92 Å². The van der Waals surface area contributed by atoms with Crippen molar-refractivity contribution < 1.29 is 13.5 Å². The Morgan fingerprint density at radius 2 is 2.05 bits per heavy atom. The maximum Gasteiger partial charge on any atom is 0.243 e. The smallest absolute Gasteiger partial charge is 0.243 e. The highest BCUT2D eigenvalue weighted by Crippen LogP contribution is 2.28. The third-order valence-corrected chi connectivity index (χ3v) is 6.21. The summed E-state index contributed by atoms with van der Waals surface area (Å²) in [7, 11) is 0.380. The molecule has 1 aromatic rings. The summed E-state index contributed by atoms with van der Waals surface area (Å²) in [6.45, 7) is 2.84. The van der Waals surface area contributed by atoms with Gasteiger partial charge in [0.05, 0.1) is 11.5 Å². The third-order valence-electron chi connectivity index (χ3n) is 4.04. The van der Waals surface area contributed by atoms with Crippen LogP contribution in [0.25, 0.3) is 0 Å². The number of likely N-dealkylation sites (N-methyl/N-ethyl adjacent to an activating group) is 1. The number of benzene rings is 1. The van der Waals surface area contributed by atoms with Crippen LogP contribution < -0.4 is 0 Å². The Labute approximate surface area is 131 Å². The van der Waals surface area contributed by atoms with Crippen molar-refractivity contribution in [1.82, 2.24) is 9.21 Å². The molecule has 2 unspecified atom stereocenters. The van der Waals surface area contributed by atoms with Gasteiger partial charge in [-0.15, -0.1) is 0 Å². The van der Waals surface area contributed by atoms with Gasteiger partial charge in [-0.05, 0) is 37.7 Å². The van der Waals surface area contributed by atoms with Gasteiger partial charge in [0.2, 0.25) is 10.0 Å². The predicted molar refractivity (Wildman–Crippen MR) is 82.8 cm³/mol. The van der Waals surface area contributed by atoms with Gasteiger partial charge in [0.15, 0.2) is 0 Å². The Kier molecular flexibility index (Phi) is 4.95. The van der Waals surface area contributed by atoms with Crippen LogP contribution in [0.2, 0.25) is 5.02 Å². The summed E-state index contributed by atoms with van der Waals surface area (Å²) in [4.78, 5) is 2.23. The van der Waals surface area contributed by atoms with Crippen molar-refractivity contribution >= 4 is 21.6 Å². The maximum absolute atomic E-state index is 12.7. The molecule has 1 aromatic carbocycles. The Morgan fingerprint density at radius 3 is 2.52 bits per heavy atom. The molecule has 1 N–H and O–H groups in total. The molecule has 1 aliphatic rings. The van der Waals surface area contributed by atoms with Gasteiger partial charge in [0.25, 0.3) is 0 Å². The minimum absolute atomic E-state index is 0.177. The number of hydrogen-bond donors (Lipinski definition) is 1. The van der Waals surface area contributed by atoms with E-state index in [4.69, 9.17) is 16.7 Å². The van der Waals surface area contributed by atoms with Gasteiger partial charge in [-0.2, -0.15) is 4.31 Å². The van der Waals surface area contributed by atoms with Gasteiger partial charge >= 0.3 is 0 Å². The molecule has 1 saturated heterocycles. The molecular weight excluding hydrogens is 312 g/mol. The summed E-state index contributed by atoms with van der Waals surface area (Å²) >= 11 is 6.00. The average Bonchev–Trinajstić information content (AvgIpc) is 2.81. The minimum atomic E-state index is -3.54. The quantitative estimate of drug-likeness (QED) is 0.905. The molecule has 0 saturated carbocycles. The normalized spacial score (nSPS) is 23.9. The average molecular weight is 333 g/mol. The minimum Gasteiger partial charge on any atom is -0.392 e. The van der Waals surface area contributed by atoms with Crippen LogP contribution in [0.1, 0.15) is 12.5 Å². The molecule has 0 aromatic heterocycles. The van der Waals surface area contributed by atoms with E-state index < -0.39 is 10.0 Å². The first-order valence-corrected chi connectivity index (χ1v) is 8.65. The summed E-state index contributed by atoms with van der Waals surface area (Å²) in [5.74, 6) is 0.280. The Bertz CT molecular complexity index is 619. The fraction of sp³-hybridized carbons (Fsp3) is 0.571. The Balaban J connectivity index is 2.29. The van der Waals surface area contributed by atoms with Crippen molar-refractivity contribution in [3.8, 4) is 0 Å². The van der Waals surface area contributed by atoms with Crippen molar-refractivity contribution in [2.75, 3.05) is 27.2 Å². The lowest BCUT2D eigenvalue weighted by Gasteiger charge is -2.22. The monoisotopic (exact) mass is 332 g/mol. The Hall–Kier alpha value is -0.660. The van der Waals surface area contributed by atoms with Crippen molar-refractivity contribution in [2.24, 2.45) is 5.92 Å². The first kappa shape index (κ1) is 16.7. The molecule has 0 radical (unpaired) electrons. The van der Waals surface area contributed by atoms with Gasteiger partial charge in [0, 0.05) is 24.2 Å². The van der Waals surface area contributed by atoms with E-state index in [1.54, 1.807) is 6.07 Å². The van der Waals surface area contributed by atoms with E-state index >= 15 is 0 Å². The van der Waals surface area contributed by atoms with E-state index in [-0.39, 0.29) is 28.5 Å². The predicted octanol–water partition coefficient (Wildman–Crippen LogP) is 1.40. The summed E-state index contributed by atoms with van der Waals surface area (Å²) in [5, 5.41) is 9.38. The fourth-order valence-electron chi connectivity index (χ4n) is 2.74. The second-order valence-corrected chi connectivity index (χ2v) is 8.09. The second kappa shape index (κ2) is 6.22. The zero-order chi connectivity index (χ0) is 15.8. The molecule has 0 bridgehead atoms. The third kappa shape index (κ3) is 3.24. The molecule has 118 valence electrons. The van der Waals surface area contributed by atoms with E-state index in [0.717, 1.165) is 0 Å². The molecular formula is C14H21ClN2O3S. The zero-order valence-electron chi connectivity index (χ0n) is 12.5. The number of sulfonamides is 1. The number of aliphatic hydroxyl groups excluding tert-OH is 1. The van der Waals surface area contributed by atoms with Crippen LogP contribution in [-0.2, 0) is 16.6 Å². The van der Waals surface area contributed by atoms with Gasteiger partial charge in [0.1, 0.15) is 0 Å². The van der Waals surface area contributed by atoms with Crippen LogP contribution in [0.5, 0.6) is 0 Å². The van der Waals surface area contributed by atoms with Gasteiger partial charge < -0.3 is 10.0 Å². The van der Waals surface area contributed by atoms with Crippen LogP contribution in [0.3, 0.4) is 0 Å². The van der Waals surface area contributed by atoms with E-state index in [1.165, 1.54) is 16.4 Å². The molecule has 7 heteroatoms. The number of nitrogens with zero attached hydrogens (tertiary/aromatic N) is 2. The number of hydrogen-bond acceptors (Lipinski definition) is 4. The lowest BCUT2D eigenvalue weighted by Crippen LogP contribution is -2.35. The van der Waals surface area contributed by atoms with Crippen molar-refractivity contribution in [2.45, 2.75) is 24.5 Å². The molecule has 5 nitrogen and oxygen atoms in total. The lowest BCUT2D eigenvalue weighted by atomic mass is 10.1.